The van der Waals surface area contributed by atoms with Crippen LogP contribution >= 0.6 is 7.60 Å². The highest BCUT2D eigenvalue weighted by Gasteiger charge is 2.52. The predicted octanol–water partition coefficient (Wildman–Crippen LogP) is 2.34. The van der Waals surface area contributed by atoms with Crippen molar-refractivity contribution in [3.63, 3.8) is 0 Å². The van der Waals surface area contributed by atoms with Gasteiger partial charge in [0.2, 0.25) is 5.34 Å². The topological polar surface area (TPSA) is 120 Å². The van der Waals surface area contributed by atoms with E-state index in [0.29, 0.717) is 0 Å². The van der Waals surface area contributed by atoms with E-state index in [1.54, 1.807) is 0 Å². The minimum absolute atomic E-state index is 0.158. The number of ether oxygens (including phenoxy) is 1. The summed E-state index contributed by atoms with van der Waals surface area (Å²) in [6.07, 6.45) is 0.849. The van der Waals surface area contributed by atoms with Crippen molar-refractivity contribution in [3.05, 3.63) is 39.9 Å². The van der Waals surface area contributed by atoms with Crippen molar-refractivity contribution in [2.24, 2.45) is 5.16 Å². The van der Waals surface area contributed by atoms with Gasteiger partial charge in [0.15, 0.2) is 0 Å². The summed E-state index contributed by atoms with van der Waals surface area (Å²) in [4.78, 5) is 10.1. The SMILES string of the molecule is COC(/C=N/O)(c1ccc([N+](=O)[O-])cc1)P(=O)(OC)OC. The molecule has 0 radical (unpaired) electrons. The van der Waals surface area contributed by atoms with Gasteiger partial charge in [0.05, 0.1) is 11.1 Å². The van der Waals surface area contributed by atoms with E-state index in [1.165, 1.54) is 31.4 Å². The van der Waals surface area contributed by atoms with Crippen molar-refractivity contribution in [1.29, 1.82) is 0 Å². The molecule has 0 saturated carbocycles. The molecule has 0 aromatic heterocycles. The summed E-state index contributed by atoms with van der Waals surface area (Å²) in [7, 11) is -0.390. The van der Waals surface area contributed by atoms with Gasteiger partial charge in [-0.25, -0.2) is 0 Å². The van der Waals surface area contributed by atoms with Crippen molar-refractivity contribution in [3.8, 4) is 0 Å². The van der Waals surface area contributed by atoms with Gasteiger partial charge in [-0.15, -0.1) is 0 Å². The lowest BCUT2D eigenvalue weighted by Crippen LogP contribution is -2.32. The van der Waals surface area contributed by atoms with Crippen molar-refractivity contribution in [1.82, 2.24) is 0 Å². The van der Waals surface area contributed by atoms with Crippen molar-refractivity contribution in [2.45, 2.75) is 5.34 Å². The quantitative estimate of drug-likeness (QED) is 0.269. The van der Waals surface area contributed by atoms with Gasteiger partial charge in [-0.2, -0.15) is 0 Å². The zero-order valence-electron chi connectivity index (χ0n) is 11.6. The van der Waals surface area contributed by atoms with Crippen LogP contribution in [0.4, 0.5) is 5.69 Å². The Balaban J connectivity index is 3.51. The monoisotopic (exact) mass is 318 g/mol. The third-order valence-corrected chi connectivity index (χ3v) is 5.25. The van der Waals surface area contributed by atoms with Crippen LogP contribution < -0.4 is 0 Å². The first kappa shape index (κ1) is 17.3. The molecule has 21 heavy (non-hydrogen) atoms. The minimum Gasteiger partial charge on any atom is -0.411 e. The summed E-state index contributed by atoms with van der Waals surface area (Å²) in [5.74, 6) is 0. The standard InChI is InChI=1S/C11H15N2O7P/c1-18-11(8-12-14,21(17,19-2)20-3)9-4-6-10(7-5-9)13(15)16/h4-8,14H,1-3H3/b12-8+. The second-order valence-electron chi connectivity index (χ2n) is 3.81. The molecule has 116 valence electrons. The van der Waals surface area contributed by atoms with Crippen LogP contribution in [0.3, 0.4) is 0 Å². The smallest absolute Gasteiger partial charge is 0.372 e. The summed E-state index contributed by atoms with van der Waals surface area (Å²) >= 11 is 0. The predicted molar refractivity (Wildman–Crippen MR) is 73.7 cm³/mol. The summed E-state index contributed by atoms with van der Waals surface area (Å²) < 4.78 is 27.7. The molecule has 0 spiro atoms. The molecule has 0 aliphatic heterocycles. The Hall–Kier alpha value is -1.80. The molecule has 0 amide bonds. The van der Waals surface area contributed by atoms with E-state index in [9.17, 15) is 14.7 Å². The maximum absolute atomic E-state index is 12.7. The number of rotatable bonds is 7. The fourth-order valence-corrected chi connectivity index (χ4v) is 3.41. The Labute approximate surface area is 120 Å². The third-order valence-electron chi connectivity index (χ3n) is 2.92. The number of nitrogens with zero attached hydrogens (tertiary/aromatic N) is 2. The van der Waals surface area contributed by atoms with Gasteiger partial charge in [-0.1, -0.05) is 5.16 Å². The number of nitro groups is 1. The maximum atomic E-state index is 12.7. The zero-order chi connectivity index (χ0) is 16.1. The largest absolute Gasteiger partial charge is 0.411 e. The number of benzene rings is 1. The number of non-ortho nitro benzene ring substituents is 1. The average Bonchev–Trinajstić information content (AvgIpc) is 2.52. The van der Waals surface area contributed by atoms with Crippen molar-refractivity contribution < 1.29 is 28.5 Å². The Morgan fingerprint density at radius 1 is 1.29 bits per heavy atom. The molecule has 0 fully saturated rings. The number of hydrogen-bond acceptors (Lipinski definition) is 8. The van der Waals surface area contributed by atoms with E-state index < -0.39 is 17.9 Å². The Kier molecular flexibility index (Phi) is 5.56. The normalized spacial score (nSPS) is 15.0. The molecule has 10 heteroatoms. The molecule has 1 rings (SSSR count). The molecule has 1 N–H and O–H groups in total. The molecule has 0 heterocycles. The molecule has 1 unspecified atom stereocenters. The van der Waals surface area contributed by atoms with Gasteiger partial charge in [0, 0.05) is 39.0 Å². The maximum Gasteiger partial charge on any atom is 0.372 e. The Bertz CT molecular complexity index is 566. The van der Waals surface area contributed by atoms with Gasteiger partial charge in [-0.3, -0.25) is 14.7 Å². The van der Waals surface area contributed by atoms with Crippen LogP contribution in [-0.2, 0) is 23.7 Å². The highest BCUT2D eigenvalue weighted by Crippen LogP contribution is 2.63. The van der Waals surface area contributed by atoms with Crippen molar-refractivity contribution >= 4 is 19.5 Å². The molecule has 9 nitrogen and oxygen atoms in total. The van der Waals surface area contributed by atoms with Gasteiger partial charge in [0.1, 0.15) is 0 Å². The minimum atomic E-state index is -3.90. The highest BCUT2D eigenvalue weighted by molar-refractivity contribution is 7.56. The van der Waals surface area contributed by atoms with Gasteiger partial charge >= 0.3 is 7.60 Å². The second-order valence-corrected chi connectivity index (χ2v) is 6.20. The van der Waals surface area contributed by atoms with Crippen LogP contribution in [0.2, 0.25) is 0 Å². The van der Waals surface area contributed by atoms with E-state index in [1.807, 2.05) is 0 Å². The van der Waals surface area contributed by atoms with Crippen LogP contribution in [0.1, 0.15) is 5.56 Å². The molecule has 1 aromatic rings. The van der Waals surface area contributed by atoms with E-state index in [4.69, 9.17) is 19.0 Å². The lowest BCUT2D eigenvalue weighted by atomic mass is 10.1. The molecular formula is C11H15N2O7P. The van der Waals surface area contributed by atoms with Crippen LogP contribution in [0, 0.1) is 10.1 Å². The van der Waals surface area contributed by atoms with Crippen molar-refractivity contribution in [2.75, 3.05) is 21.3 Å². The lowest BCUT2D eigenvalue weighted by Gasteiger charge is -2.33. The van der Waals surface area contributed by atoms with Crippen LogP contribution in [0.25, 0.3) is 0 Å². The summed E-state index contributed by atoms with van der Waals surface area (Å²) in [6, 6.07) is 5.02. The molecule has 1 aromatic carbocycles. The summed E-state index contributed by atoms with van der Waals surface area (Å²) in [5, 5.41) is 20.5. The van der Waals surface area contributed by atoms with E-state index in [2.05, 4.69) is 5.16 Å². The summed E-state index contributed by atoms with van der Waals surface area (Å²) in [6.45, 7) is 0. The fourth-order valence-electron chi connectivity index (χ4n) is 1.83. The van der Waals surface area contributed by atoms with Gasteiger partial charge in [-0.05, 0) is 12.1 Å². The first-order valence-electron chi connectivity index (χ1n) is 5.61. The van der Waals surface area contributed by atoms with Crippen LogP contribution in [0.15, 0.2) is 29.4 Å². The first-order chi connectivity index (χ1) is 9.90. The van der Waals surface area contributed by atoms with Gasteiger partial charge < -0.3 is 19.0 Å². The Morgan fingerprint density at radius 3 is 2.14 bits per heavy atom. The van der Waals surface area contributed by atoms with E-state index in [0.717, 1.165) is 20.4 Å². The number of hydrogen-bond donors (Lipinski definition) is 1. The Morgan fingerprint density at radius 2 is 1.81 bits per heavy atom. The average molecular weight is 318 g/mol. The van der Waals surface area contributed by atoms with E-state index >= 15 is 0 Å². The number of methoxy groups -OCH3 is 1. The number of nitro benzene ring substituents is 1. The highest BCUT2D eigenvalue weighted by atomic mass is 31.2. The molecule has 1 atom stereocenters. The fraction of sp³-hybridized carbons (Fsp3) is 0.364. The lowest BCUT2D eigenvalue weighted by molar-refractivity contribution is -0.384. The molecule has 0 saturated heterocycles. The van der Waals surface area contributed by atoms with E-state index in [-0.39, 0.29) is 11.3 Å². The number of oxime groups is 1. The second kappa shape index (κ2) is 6.77. The first-order valence-corrected chi connectivity index (χ1v) is 7.15. The van der Waals surface area contributed by atoms with Gasteiger partial charge in [0.25, 0.3) is 5.69 Å². The molecule has 0 aliphatic rings. The zero-order valence-corrected chi connectivity index (χ0v) is 12.5. The molecule has 0 aliphatic carbocycles. The third kappa shape index (κ3) is 2.96. The molecular weight excluding hydrogens is 303 g/mol. The summed E-state index contributed by atoms with van der Waals surface area (Å²) in [5.41, 5.74) is 0.0507. The van der Waals surface area contributed by atoms with Crippen LogP contribution in [-0.4, -0.2) is 37.7 Å². The molecule has 0 bridgehead atoms. The van der Waals surface area contributed by atoms with Crippen LogP contribution in [0.5, 0.6) is 0 Å².